The molecule has 0 amide bonds. The van der Waals surface area contributed by atoms with Crippen molar-refractivity contribution < 1.29 is 14.6 Å². The maximum atomic E-state index is 8.98. The smallest absolute Gasteiger partial charge is 0.161 e. The van der Waals surface area contributed by atoms with E-state index in [1.807, 2.05) is 12.1 Å². The van der Waals surface area contributed by atoms with Gasteiger partial charge in [0, 0.05) is 13.1 Å². The van der Waals surface area contributed by atoms with Gasteiger partial charge in [-0.15, -0.1) is 0 Å². The zero-order chi connectivity index (χ0) is 10.7. The van der Waals surface area contributed by atoms with E-state index in [0.29, 0.717) is 5.75 Å². The average molecular weight is 209 g/mol. The second kappa shape index (κ2) is 4.51. The Balaban J connectivity index is 2.13. The maximum absolute atomic E-state index is 8.98. The van der Waals surface area contributed by atoms with Crippen LogP contribution < -0.4 is 14.8 Å². The van der Waals surface area contributed by atoms with Crippen molar-refractivity contribution in [3.8, 4) is 11.5 Å². The minimum absolute atomic E-state index is 0.0155. The molecule has 4 heteroatoms. The highest BCUT2D eigenvalue weighted by molar-refractivity contribution is 5.43. The van der Waals surface area contributed by atoms with Gasteiger partial charge in [0.25, 0.3) is 0 Å². The molecular weight excluding hydrogens is 194 g/mol. The Bertz CT molecular complexity index is 337. The van der Waals surface area contributed by atoms with E-state index in [1.54, 1.807) is 13.2 Å². The number of ether oxygens (including phenoxy) is 2. The second-order valence-corrected chi connectivity index (χ2v) is 3.54. The average Bonchev–Trinajstić information content (AvgIpc) is 2.23. The van der Waals surface area contributed by atoms with E-state index in [-0.39, 0.29) is 12.7 Å². The molecule has 0 unspecified atom stereocenters. The molecule has 0 bridgehead atoms. The number of aliphatic hydroxyl groups is 1. The zero-order valence-corrected chi connectivity index (χ0v) is 8.69. The highest BCUT2D eigenvalue weighted by Crippen LogP contribution is 2.29. The highest BCUT2D eigenvalue weighted by Gasteiger charge is 2.19. The minimum Gasteiger partial charge on any atom is -0.493 e. The van der Waals surface area contributed by atoms with Gasteiger partial charge in [-0.05, 0) is 17.7 Å². The van der Waals surface area contributed by atoms with E-state index < -0.39 is 0 Å². The molecule has 4 nitrogen and oxygen atoms in total. The largest absolute Gasteiger partial charge is 0.493 e. The molecule has 2 N–H and O–H groups in total. The van der Waals surface area contributed by atoms with Crippen LogP contribution in [0, 0.1) is 0 Å². The van der Waals surface area contributed by atoms with Crippen molar-refractivity contribution >= 4 is 0 Å². The van der Waals surface area contributed by atoms with Gasteiger partial charge >= 0.3 is 0 Å². The Labute approximate surface area is 88.8 Å². The lowest BCUT2D eigenvalue weighted by atomic mass is 10.2. The first-order valence-electron chi connectivity index (χ1n) is 4.98. The molecule has 0 aromatic heterocycles. The van der Waals surface area contributed by atoms with Crippen LogP contribution in [0.2, 0.25) is 0 Å². The molecule has 0 aliphatic carbocycles. The SMILES string of the molecule is COc1cc(CO)ccc1OC1CNC1. The summed E-state index contributed by atoms with van der Waals surface area (Å²) < 4.78 is 10.9. The summed E-state index contributed by atoms with van der Waals surface area (Å²) in [6.45, 7) is 1.78. The van der Waals surface area contributed by atoms with Crippen LogP contribution in [0.3, 0.4) is 0 Å². The molecule has 0 spiro atoms. The van der Waals surface area contributed by atoms with Crippen LogP contribution in [-0.2, 0) is 6.61 Å². The van der Waals surface area contributed by atoms with Crippen LogP contribution in [-0.4, -0.2) is 31.4 Å². The van der Waals surface area contributed by atoms with E-state index in [0.717, 1.165) is 24.4 Å². The van der Waals surface area contributed by atoms with Gasteiger partial charge in [-0.25, -0.2) is 0 Å². The quantitative estimate of drug-likeness (QED) is 0.760. The van der Waals surface area contributed by atoms with E-state index in [1.165, 1.54) is 0 Å². The molecule has 1 aliphatic rings. The molecular formula is C11H15NO3. The standard InChI is InChI=1S/C11H15NO3/c1-14-11-4-8(7-13)2-3-10(11)15-9-5-12-6-9/h2-4,9,12-13H,5-7H2,1H3. The molecule has 2 rings (SSSR count). The molecule has 1 saturated heterocycles. The normalized spacial score (nSPS) is 15.9. The van der Waals surface area contributed by atoms with E-state index in [2.05, 4.69) is 5.32 Å². The van der Waals surface area contributed by atoms with Crippen LogP contribution in [0.1, 0.15) is 5.56 Å². The van der Waals surface area contributed by atoms with E-state index in [9.17, 15) is 0 Å². The first kappa shape index (κ1) is 10.3. The maximum Gasteiger partial charge on any atom is 0.161 e. The Morgan fingerprint density at radius 3 is 2.73 bits per heavy atom. The van der Waals surface area contributed by atoms with Gasteiger partial charge < -0.3 is 19.9 Å². The Hall–Kier alpha value is -1.26. The molecule has 1 fully saturated rings. The third kappa shape index (κ3) is 2.22. The van der Waals surface area contributed by atoms with E-state index >= 15 is 0 Å². The third-order valence-corrected chi connectivity index (χ3v) is 2.45. The number of methoxy groups -OCH3 is 1. The molecule has 1 aliphatic heterocycles. The molecule has 1 aromatic rings. The fourth-order valence-corrected chi connectivity index (χ4v) is 1.43. The van der Waals surface area contributed by atoms with Crippen LogP contribution in [0.15, 0.2) is 18.2 Å². The summed E-state index contributed by atoms with van der Waals surface area (Å²) >= 11 is 0. The summed E-state index contributed by atoms with van der Waals surface area (Å²) in [5.74, 6) is 1.41. The van der Waals surface area contributed by atoms with Gasteiger partial charge in [-0.1, -0.05) is 6.07 Å². The number of aliphatic hydroxyl groups excluding tert-OH is 1. The number of hydrogen-bond acceptors (Lipinski definition) is 4. The first-order valence-corrected chi connectivity index (χ1v) is 4.98. The number of benzene rings is 1. The molecule has 0 atom stereocenters. The summed E-state index contributed by atoms with van der Waals surface area (Å²) in [7, 11) is 1.60. The van der Waals surface area contributed by atoms with Crippen LogP contribution in [0.4, 0.5) is 0 Å². The lowest BCUT2D eigenvalue weighted by Gasteiger charge is -2.28. The topological polar surface area (TPSA) is 50.7 Å². The minimum atomic E-state index is 0.0155. The van der Waals surface area contributed by atoms with Gasteiger partial charge in [0.1, 0.15) is 6.10 Å². The summed E-state index contributed by atoms with van der Waals surface area (Å²) in [5, 5.41) is 12.1. The summed E-state index contributed by atoms with van der Waals surface area (Å²) in [4.78, 5) is 0. The van der Waals surface area contributed by atoms with Gasteiger partial charge in [-0.2, -0.15) is 0 Å². The lowest BCUT2D eigenvalue weighted by molar-refractivity contribution is 0.137. The molecule has 82 valence electrons. The lowest BCUT2D eigenvalue weighted by Crippen LogP contribution is -2.50. The van der Waals surface area contributed by atoms with Crippen molar-refractivity contribution in [3.63, 3.8) is 0 Å². The van der Waals surface area contributed by atoms with Crippen LogP contribution in [0.25, 0.3) is 0 Å². The van der Waals surface area contributed by atoms with Gasteiger partial charge in [-0.3, -0.25) is 0 Å². The van der Waals surface area contributed by atoms with Crippen molar-refractivity contribution in [1.29, 1.82) is 0 Å². The number of nitrogens with one attached hydrogen (secondary N) is 1. The monoisotopic (exact) mass is 209 g/mol. The molecule has 0 radical (unpaired) electrons. The van der Waals surface area contributed by atoms with Crippen molar-refractivity contribution in [2.75, 3.05) is 20.2 Å². The predicted octanol–water partition coefficient (Wildman–Crippen LogP) is 0.538. The van der Waals surface area contributed by atoms with Crippen molar-refractivity contribution in [1.82, 2.24) is 5.32 Å². The van der Waals surface area contributed by atoms with E-state index in [4.69, 9.17) is 14.6 Å². The second-order valence-electron chi connectivity index (χ2n) is 3.54. The van der Waals surface area contributed by atoms with Gasteiger partial charge in [0.2, 0.25) is 0 Å². The van der Waals surface area contributed by atoms with Crippen molar-refractivity contribution in [2.45, 2.75) is 12.7 Å². The highest BCUT2D eigenvalue weighted by atomic mass is 16.5. The first-order chi connectivity index (χ1) is 7.33. The van der Waals surface area contributed by atoms with Crippen molar-refractivity contribution in [3.05, 3.63) is 23.8 Å². The molecule has 1 heterocycles. The molecule has 15 heavy (non-hydrogen) atoms. The fourth-order valence-electron chi connectivity index (χ4n) is 1.43. The van der Waals surface area contributed by atoms with Gasteiger partial charge in [0.05, 0.1) is 13.7 Å². The number of rotatable bonds is 4. The van der Waals surface area contributed by atoms with Gasteiger partial charge in [0.15, 0.2) is 11.5 Å². The summed E-state index contributed by atoms with van der Waals surface area (Å²) in [5.41, 5.74) is 0.825. The zero-order valence-electron chi connectivity index (χ0n) is 8.69. The van der Waals surface area contributed by atoms with Crippen LogP contribution in [0.5, 0.6) is 11.5 Å². The Morgan fingerprint density at radius 2 is 2.20 bits per heavy atom. The predicted molar refractivity (Wildman–Crippen MR) is 56.2 cm³/mol. The fraction of sp³-hybridized carbons (Fsp3) is 0.455. The third-order valence-electron chi connectivity index (χ3n) is 2.45. The summed E-state index contributed by atoms with van der Waals surface area (Å²) in [6.07, 6.45) is 0.235. The molecule has 1 aromatic carbocycles. The molecule has 0 saturated carbocycles. The number of hydrogen-bond donors (Lipinski definition) is 2. The Kier molecular flexibility index (Phi) is 3.08. The van der Waals surface area contributed by atoms with Crippen molar-refractivity contribution in [2.24, 2.45) is 0 Å². The Morgan fingerprint density at radius 1 is 1.40 bits per heavy atom. The summed E-state index contributed by atoms with van der Waals surface area (Å²) in [6, 6.07) is 5.47. The van der Waals surface area contributed by atoms with Crippen LogP contribution >= 0.6 is 0 Å².